The molecule has 2 nitrogen and oxygen atoms in total. The normalized spacial score (nSPS) is 10.2. The van der Waals surface area contributed by atoms with Crippen LogP contribution in [0.15, 0.2) is 10.5 Å². The summed E-state index contributed by atoms with van der Waals surface area (Å²) in [6.07, 6.45) is 0. The summed E-state index contributed by atoms with van der Waals surface area (Å²) < 4.78 is 30.4. The Morgan fingerprint density at radius 2 is 2.15 bits per heavy atom. The van der Waals surface area contributed by atoms with Crippen molar-refractivity contribution in [1.82, 2.24) is 0 Å². The van der Waals surface area contributed by atoms with Crippen molar-refractivity contribution in [2.75, 3.05) is 7.11 Å². The SMILES string of the molecule is COc1c(CO)cc(F)c(F)c1Br. The Bertz CT molecular complexity index is 328. The van der Waals surface area contributed by atoms with Crippen molar-refractivity contribution >= 4 is 15.9 Å². The maximum Gasteiger partial charge on any atom is 0.176 e. The summed E-state index contributed by atoms with van der Waals surface area (Å²) >= 11 is 2.83. The molecule has 0 unspecified atom stereocenters. The first kappa shape index (κ1) is 10.4. The van der Waals surface area contributed by atoms with E-state index in [1.54, 1.807) is 0 Å². The zero-order valence-electron chi connectivity index (χ0n) is 6.77. The van der Waals surface area contributed by atoms with Gasteiger partial charge in [-0.3, -0.25) is 0 Å². The molecule has 5 heteroatoms. The summed E-state index contributed by atoms with van der Waals surface area (Å²) in [5.41, 5.74) is 0.202. The second-order valence-electron chi connectivity index (χ2n) is 2.34. The van der Waals surface area contributed by atoms with Crippen LogP contribution in [0.5, 0.6) is 5.75 Å². The van der Waals surface area contributed by atoms with Crippen LogP contribution < -0.4 is 4.74 Å². The molecule has 0 aromatic heterocycles. The molecule has 0 aliphatic rings. The fourth-order valence-electron chi connectivity index (χ4n) is 0.966. The highest BCUT2D eigenvalue weighted by Crippen LogP contribution is 2.33. The van der Waals surface area contributed by atoms with Gasteiger partial charge in [-0.25, -0.2) is 8.78 Å². The van der Waals surface area contributed by atoms with Crippen LogP contribution in [0.3, 0.4) is 0 Å². The number of aliphatic hydroxyl groups is 1. The molecule has 0 aliphatic heterocycles. The third-order valence-corrected chi connectivity index (χ3v) is 2.28. The molecule has 1 rings (SSSR count). The van der Waals surface area contributed by atoms with Crippen molar-refractivity contribution in [3.05, 3.63) is 27.7 Å². The molecule has 0 amide bonds. The standard InChI is InChI=1S/C8H7BrF2O2/c1-13-8-4(3-12)2-5(10)7(11)6(8)9/h2,12H,3H2,1H3. The molecule has 0 saturated heterocycles. The minimum absolute atomic E-state index is 0.112. The average molecular weight is 253 g/mol. The van der Waals surface area contributed by atoms with Crippen molar-refractivity contribution < 1.29 is 18.6 Å². The van der Waals surface area contributed by atoms with Crippen molar-refractivity contribution in [3.8, 4) is 5.75 Å². The van der Waals surface area contributed by atoms with Gasteiger partial charge in [-0.2, -0.15) is 0 Å². The summed E-state index contributed by atoms with van der Waals surface area (Å²) in [4.78, 5) is 0. The van der Waals surface area contributed by atoms with Crippen molar-refractivity contribution in [2.24, 2.45) is 0 Å². The molecule has 0 saturated carbocycles. The van der Waals surface area contributed by atoms with Gasteiger partial charge in [0, 0.05) is 5.56 Å². The monoisotopic (exact) mass is 252 g/mol. The number of rotatable bonds is 2. The zero-order chi connectivity index (χ0) is 10.0. The summed E-state index contributed by atoms with van der Waals surface area (Å²) in [6.45, 7) is -0.404. The fraction of sp³-hybridized carbons (Fsp3) is 0.250. The Kier molecular flexibility index (Phi) is 3.22. The van der Waals surface area contributed by atoms with E-state index in [1.807, 2.05) is 0 Å². The van der Waals surface area contributed by atoms with E-state index in [9.17, 15) is 8.78 Å². The van der Waals surface area contributed by atoms with E-state index in [-0.39, 0.29) is 15.8 Å². The van der Waals surface area contributed by atoms with E-state index in [4.69, 9.17) is 9.84 Å². The van der Waals surface area contributed by atoms with E-state index in [0.717, 1.165) is 6.07 Å². The summed E-state index contributed by atoms with van der Waals surface area (Å²) in [5, 5.41) is 8.80. The smallest absolute Gasteiger partial charge is 0.176 e. The highest BCUT2D eigenvalue weighted by Gasteiger charge is 2.16. The van der Waals surface area contributed by atoms with Gasteiger partial charge in [0.1, 0.15) is 5.75 Å². The van der Waals surface area contributed by atoms with Gasteiger partial charge in [-0.15, -0.1) is 0 Å². The molecular weight excluding hydrogens is 246 g/mol. The maximum atomic E-state index is 12.9. The van der Waals surface area contributed by atoms with Crippen LogP contribution in [0.25, 0.3) is 0 Å². The number of hydrogen-bond acceptors (Lipinski definition) is 2. The van der Waals surface area contributed by atoms with Gasteiger partial charge in [0.05, 0.1) is 18.2 Å². The molecule has 1 aromatic carbocycles. The number of benzene rings is 1. The molecule has 13 heavy (non-hydrogen) atoms. The van der Waals surface area contributed by atoms with E-state index in [2.05, 4.69) is 15.9 Å². The molecule has 1 aromatic rings. The molecule has 0 radical (unpaired) electrons. The zero-order valence-corrected chi connectivity index (χ0v) is 8.36. The van der Waals surface area contributed by atoms with E-state index in [0.29, 0.717) is 0 Å². The van der Waals surface area contributed by atoms with Gasteiger partial charge >= 0.3 is 0 Å². The molecule has 1 N–H and O–H groups in total. The summed E-state index contributed by atoms with van der Waals surface area (Å²) in [7, 11) is 1.32. The van der Waals surface area contributed by atoms with Crippen LogP contribution in [0.2, 0.25) is 0 Å². The van der Waals surface area contributed by atoms with Crippen LogP contribution >= 0.6 is 15.9 Å². The molecule has 0 spiro atoms. The Balaban J connectivity index is 3.39. The van der Waals surface area contributed by atoms with Gasteiger partial charge < -0.3 is 9.84 Å². The topological polar surface area (TPSA) is 29.5 Å². The number of methoxy groups -OCH3 is 1. The lowest BCUT2D eigenvalue weighted by Crippen LogP contribution is -1.98. The van der Waals surface area contributed by atoms with Gasteiger partial charge in [-0.05, 0) is 22.0 Å². The average Bonchev–Trinajstić information content (AvgIpc) is 2.13. The number of ether oxygens (including phenoxy) is 1. The van der Waals surface area contributed by atoms with Crippen LogP contribution in [-0.4, -0.2) is 12.2 Å². The predicted molar refractivity (Wildman–Crippen MR) is 46.5 cm³/mol. The first-order valence-corrected chi connectivity index (χ1v) is 4.22. The lowest BCUT2D eigenvalue weighted by molar-refractivity contribution is 0.271. The van der Waals surface area contributed by atoms with Crippen LogP contribution in [0.4, 0.5) is 8.78 Å². The van der Waals surface area contributed by atoms with Crippen LogP contribution in [0.1, 0.15) is 5.56 Å². The maximum absolute atomic E-state index is 12.9. The van der Waals surface area contributed by atoms with Gasteiger partial charge in [0.15, 0.2) is 11.6 Å². The molecule has 0 aliphatic carbocycles. The van der Waals surface area contributed by atoms with Crippen LogP contribution in [0, 0.1) is 11.6 Å². The minimum Gasteiger partial charge on any atom is -0.495 e. The summed E-state index contributed by atoms with van der Waals surface area (Å²) in [5.74, 6) is -1.92. The lowest BCUT2D eigenvalue weighted by Gasteiger charge is -2.09. The Morgan fingerprint density at radius 3 is 2.62 bits per heavy atom. The quantitative estimate of drug-likeness (QED) is 0.819. The highest BCUT2D eigenvalue weighted by molar-refractivity contribution is 9.10. The fourth-order valence-corrected chi connectivity index (χ4v) is 1.57. The minimum atomic E-state index is -1.02. The lowest BCUT2D eigenvalue weighted by atomic mass is 10.2. The first-order valence-electron chi connectivity index (χ1n) is 3.43. The molecule has 0 heterocycles. The van der Waals surface area contributed by atoms with Gasteiger partial charge in [0.25, 0.3) is 0 Å². The molecular formula is C8H7BrF2O2. The second-order valence-corrected chi connectivity index (χ2v) is 3.13. The Hall–Kier alpha value is -0.680. The van der Waals surface area contributed by atoms with Crippen LogP contribution in [-0.2, 0) is 6.61 Å². The third-order valence-electron chi connectivity index (χ3n) is 1.57. The second kappa shape index (κ2) is 4.02. The highest BCUT2D eigenvalue weighted by atomic mass is 79.9. The molecule has 0 atom stereocenters. The number of aliphatic hydroxyl groups excluding tert-OH is 1. The summed E-state index contributed by atoms with van der Waals surface area (Å²) in [6, 6.07) is 0.902. The van der Waals surface area contributed by atoms with E-state index in [1.165, 1.54) is 7.11 Å². The number of halogens is 3. The Morgan fingerprint density at radius 1 is 1.54 bits per heavy atom. The molecule has 0 fully saturated rings. The van der Waals surface area contributed by atoms with Crippen molar-refractivity contribution in [1.29, 1.82) is 0 Å². The van der Waals surface area contributed by atoms with Gasteiger partial charge in [-0.1, -0.05) is 0 Å². The third kappa shape index (κ3) is 1.81. The predicted octanol–water partition coefficient (Wildman–Crippen LogP) is 2.23. The number of hydrogen-bond donors (Lipinski definition) is 1. The first-order chi connectivity index (χ1) is 6.11. The largest absolute Gasteiger partial charge is 0.495 e. The van der Waals surface area contributed by atoms with E-state index < -0.39 is 18.2 Å². The van der Waals surface area contributed by atoms with Gasteiger partial charge in [0.2, 0.25) is 0 Å². The Labute approximate surface area is 82.3 Å². The molecule has 72 valence electrons. The van der Waals surface area contributed by atoms with Crippen molar-refractivity contribution in [2.45, 2.75) is 6.61 Å². The van der Waals surface area contributed by atoms with E-state index >= 15 is 0 Å². The molecule has 0 bridgehead atoms. The van der Waals surface area contributed by atoms with Crippen molar-refractivity contribution in [3.63, 3.8) is 0 Å².